The van der Waals surface area contributed by atoms with Crippen LogP contribution in [-0.2, 0) is 19.1 Å². The van der Waals surface area contributed by atoms with Crippen LogP contribution in [0.3, 0.4) is 0 Å². The highest BCUT2D eigenvalue weighted by Gasteiger charge is 2.28. The number of nitrogens with one attached hydrogen (secondary N) is 1. The molecule has 0 bridgehead atoms. The third-order valence-corrected chi connectivity index (χ3v) is 3.88. The van der Waals surface area contributed by atoms with E-state index in [-0.39, 0.29) is 31.1 Å². The van der Waals surface area contributed by atoms with E-state index in [0.29, 0.717) is 5.69 Å². The molecule has 0 unspecified atom stereocenters. The van der Waals surface area contributed by atoms with Crippen molar-refractivity contribution in [3.8, 4) is 0 Å². The van der Waals surface area contributed by atoms with Gasteiger partial charge in [-0.2, -0.15) is 5.10 Å². The lowest BCUT2D eigenvalue weighted by atomic mass is 10.1. The van der Waals surface area contributed by atoms with Crippen molar-refractivity contribution >= 4 is 29.2 Å². The summed E-state index contributed by atoms with van der Waals surface area (Å²) >= 11 is 0. The molecular weight excluding hydrogens is 322 g/mol. The zero-order valence-corrected chi connectivity index (χ0v) is 15.0. The van der Waals surface area contributed by atoms with Gasteiger partial charge < -0.3 is 10.1 Å². The molecule has 1 aliphatic heterocycles. The number of rotatable bonds is 5. The number of anilines is 1. The second kappa shape index (κ2) is 7.92. The van der Waals surface area contributed by atoms with Crippen molar-refractivity contribution in [2.45, 2.75) is 46.6 Å². The molecule has 2 rings (SSSR count). The molecule has 0 aromatic heterocycles. The van der Waals surface area contributed by atoms with Gasteiger partial charge >= 0.3 is 5.97 Å². The van der Waals surface area contributed by atoms with Crippen LogP contribution in [0.4, 0.5) is 5.69 Å². The average molecular weight is 345 g/mol. The first kappa shape index (κ1) is 18.6. The van der Waals surface area contributed by atoms with Crippen molar-refractivity contribution in [3.05, 3.63) is 29.3 Å². The molecule has 134 valence electrons. The summed E-state index contributed by atoms with van der Waals surface area (Å²) in [7, 11) is 0. The monoisotopic (exact) mass is 345 g/mol. The number of hydrazone groups is 1. The maximum Gasteiger partial charge on any atom is 0.328 e. The summed E-state index contributed by atoms with van der Waals surface area (Å²) in [5, 5.41) is 8.07. The van der Waals surface area contributed by atoms with E-state index in [2.05, 4.69) is 10.4 Å². The predicted molar refractivity (Wildman–Crippen MR) is 94.3 cm³/mol. The Morgan fingerprint density at radius 2 is 2.04 bits per heavy atom. The van der Waals surface area contributed by atoms with E-state index < -0.39 is 17.9 Å². The zero-order chi connectivity index (χ0) is 18.6. The summed E-state index contributed by atoms with van der Waals surface area (Å²) in [5.41, 5.74) is 2.77. The minimum Gasteiger partial charge on any atom is -0.464 e. The Morgan fingerprint density at radius 3 is 2.72 bits per heavy atom. The highest BCUT2D eigenvalue weighted by molar-refractivity contribution is 6.40. The Bertz CT molecular complexity index is 727. The van der Waals surface area contributed by atoms with Crippen molar-refractivity contribution in [1.29, 1.82) is 0 Å². The molecule has 1 aromatic rings. The van der Waals surface area contributed by atoms with Gasteiger partial charge in [0.2, 0.25) is 5.91 Å². The zero-order valence-electron chi connectivity index (χ0n) is 15.0. The molecular formula is C18H23N3O4. The number of nitrogens with zero attached hydrogens (tertiary/aromatic N) is 2. The van der Waals surface area contributed by atoms with Gasteiger partial charge in [-0.1, -0.05) is 12.1 Å². The van der Waals surface area contributed by atoms with Crippen LogP contribution in [0.15, 0.2) is 23.3 Å². The van der Waals surface area contributed by atoms with Crippen LogP contribution in [0, 0.1) is 13.8 Å². The van der Waals surface area contributed by atoms with Crippen LogP contribution >= 0.6 is 0 Å². The third-order valence-electron chi connectivity index (χ3n) is 3.88. The Morgan fingerprint density at radius 1 is 1.32 bits per heavy atom. The molecule has 1 atom stereocenters. The number of esters is 1. The molecule has 1 heterocycles. The summed E-state index contributed by atoms with van der Waals surface area (Å²) in [4.78, 5) is 36.3. The molecule has 0 fully saturated rings. The van der Waals surface area contributed by atoms with Gasteiger partial charge in [0.15, 0.2) is 0 Å². The second-order valence-corrected chi connectivity index (χ2v) is 5.99. The maximum atomic E-state index is 12.4. The summed E-state index contributed by atoms with van der Waals surface area (Å²) in [6, 6.07) is 4.94. The Labute approximate surface area is 147 Å². The minimum absolute atomic E-state index is 0.163. The quantitative estimate of drug-likeness (QED) is 0.825. The molecule has 7 heteroatoms. The number of benzene rings is 1. The number of hydrogen-bond acceptors (Lipinski definition) is 5. The first-order valence-corrected chi connectivity index (χ1v) is 8.28. The topological polar surface area (TPSA) is 88.1 Å². The van der Waals surface area contributed by atoms with Crippen LogP contribution in [-0.4, -0.2) is 36.1 Å². The van der Waals surface area contributed by atoms with Crippen LogP contribution in [0.2, 0.25) is 0 Å². The van der Waals surface area contributed by atoms with Crippen LogP contribution in [0.1, 0.15) is 37.8 Å². The molecule has 0 aliphatic carbocycles. The predicted octanol–water partition coefficient (Wildman–Crippen LogP) is 1.85. The summed E-state index contributed by atoms with van der Waals surface area (Å²) in [6.07, 6.45) is 0.426. The van der Waals surface area contributed by atoms with E-state index in [0.717, 1.165) is 11.1 Å². The van der Waals surface area contributed by atoms with Gasteiger partial charge in [-0.15, -0.1) is 0 Å². The normalized spacial score (nSPS) is 15.4. The molecule has 0 spiro atoms. The fourth-order valence-corrected chi connectivity index (χ4v) is 2.46. The fraction of sp³-hybridized carbons (Fsp3) is 0.444. The van der Waals surface area contributed by atoms with Gasteiger partial charge in [0.05, 0.1) is 12.3 Å². The second-order valence-electron chi connectivity index (χ2n) is 5.99. The van der Waals surface area contributed by atoms with Gasteiger partial charge in [0.25, 0.3) is 5.91 Å². The smallest absolute Gasteiger partial charge is 0.328 e. The largest absolute Gasteiger partial charge is 0.464 e. The first-order chi connectivity index (χ1) is 11.8. The lowest BCUT2D eigenvalue weighted by molar-refractivity contribution is -0.146. The molecule has 1 aromatic carbocycles. The van der Waals surface area contributed by atoms with Crippen molar-refractivity contribution < 1.29 is 19.1 Å². The van der Waals surface area contributed by atoms with Crippen molar-refractivity contribution in [2.24, 2.45) is 5.10 Å². The summed E-state index contributed by atoms with van der Waals surface area (Å²) in [5.74, 6) is -1.14. The van der Waals surface area contributed by atoms with Crippen molar-refractivity contribution in [2.75, 3.05) is 11.6 Å². The van der Waals surface area contributed by atoms with E-state index in [1.54, 1.807) is 13.8 Å². The van der Waals surface area contributed by atoms with Gasteiger partial charge in [0.1, 0.15) is 11.8 Å². The molecule has 0 radical (unpaired) electrons. The van der Waals surface area contributed by atoms with Crippen LogP contribution in [0.25, 0.3) is 0 Å². The van der Waals surface area contributed by atoms with E-state index in [9.17, 15) is 14.4 Å². The van der Waals surface area contributed by atoms with Crippen molar-refractivity contribution in [1.82, 2.24) is 5.32 Å². The first-order valence-electron chi connectivity index (χ1n) is 8.28. The summed E-state index contributed by atoms with van der Waals surface area (Å²) in [6.45, 7) is 7.30. The molecule has 0 saturated heterocycles. The van der Waals surface area contributed by atoms with E-state index in [1.807, 2.05) is 32.0 Å². The number of aryl methyl sites for hydroxylation is 2. The van der Waals surface area contributed by atoms with Crippen LogP contribution < -0.4 is 10.3 Å². The molecule has 1 aliphatic rings. The molecule has 7 nitrogen and oxygen atoms in total. The Kier molecular flexibility index (Phi) is 5.90. The summed E-state index contributed by atoms with van der Waals surface area (Å²) < 4.78 is 4.87. The van der Waals surface area contributed by atoms with E-state index in [1.165, 1.54) is 5.01 Å². The third kappa shape index (κ3) is 4.43. The standard InChI is InChI=1S/C18H23N3O4/c1-5-25-18(24)13(4)19-17(23)14-8-9-16(22)21(20-14)15-10-11(2)6-7-12(15)3/h6-7,10,13H,5,8-9H2,1-4H3,(H,19,23)/t13-/m0/s1. The number of ether oxygens (including phenoxy) is 1. The lowest BCUT2D eigenvalue weighted by Crippen LogP contribution is -2.45. The molecule has 2 amide bonds. The molecule has 25 heavy (non-hydrogen) atoms. The van der Waals surface area contributed by atoms with Gasteiger partial charge in [-0.3, -0.25) is 9.59 Å². The van der Waals surface area contributed by atoms with Crippen molar-refractivity contribution in [3.63, 3.8) is 0 Å². The maximum absolute atomic E-state index is 12.4. The van der Waals surface area contributed by atoms with Gasteiger partial charge in [-0.05, 0) is 44.9 Å². The average Bonchev–Trinajstić information content (AvgIpc) is 2.57. The Balaban J connectivity index is 2.21. The SMILES string of the molecule is CCOC(=O)[C@H](C)NC(=O)C1=NN(c2cc(C)ccc2C)C(=O)CC1. The number of carbonyl (C=O) groups excluding carboxylic acids is 3. The van der Waals surface area contributed by atoms with E-state index in [4.69, 9.17) is 4.74 Å². The number of carbonyl (C=O) groups is 3. The molecule has 0 saturated carbocycles. The Hall–Kier alpha value is -2.70. The fourth-order valence-electron chi connectivity index (χ4n) is 2.46. The van der Waals surface area contributed by atoms with Gasteiger partial charge in [-0.25, -0.2) is 9.80 Å². The molecule has 1 N–H and O–H groups in total. The number of amides is 2. The minimum atomic E-state index is -0.776. The highest BCUT2D eigenvalue weighted by Crippen LogP contribution is 2.25. The van der Waals surface area contributed by atoms with E-state index >= 15 is 0 Å². The van der Waals surface area contributed by atoms with Gasteiger partial charge in [0, 0.05) is 12.8 Å². The van der Waals surface area contributed by atoms with Crippen LogP contribution in [0.5, 0.6) is 0 Å². The lowest BCUT2D eigenvalue weighted by Gasteiger charge is -2.25. The number of hydrogen-bond donors (Lipinski definition) is 1. The highest BCUT2D eigenvalue weighted by atomic mass is 16.5.